The average molecular weight is 434 g/mol. The second-order valence-corrected chi connectivity index (χ2v) is 7.91. The number of thiocarbonyl (C=S) groups is 1. The van der Waals surface area contributed by atoms with Gasteiger partial charge in [0.05, 0.1) is 18.2 Å². The summed E-state index contributed by atoms with van der Waals surface area (Å²) in [6, 6.07) is 5.54. The first-order valence-electron chi connectivity index (χ1n) is 10.3. The molecule has 30 heavy (non-hydrogen) atoms. The Morgan fingerprint density at radius 1 is 1.23 bits per heavy atom. The number of hydrogen-bond donors (Lipinski definition) is 3. The number of ether oxygens (including phenoxy) is 3. The second-order valence-electron chi connectivity index (χ2n) is 7.53. The Balaban J connectivity index is 1.52. The van der Waals surface area contributed by atoms with E-state index in [-0.39, 0.29) is 18.3 Å². The fraction of sp³-hybridized carbons (Fsp3) is 0.524. The number of nitrogens with one attached hydrogen (secondary N) is 2. The number of aromatic amines is 1. The first-order chi connectivity index (χ1) is 14.6. The molecule has 1 unspecified atom stereocenters. The predicted octanol–water partition coefficient (Wildman–Crippen LogP) is 1.54. The first kappa shape index (κ1) is 20.9. The smallest absolute Gasteiger partial charge is 0.253 e. The molecule has 2 aliphatic heterocycles. The predicted molar refractivity (Wildman–Crippen MR) is 117 cm³/mol. The lowest BCUT2D eigenvalue weighted by Gasteiger charge is -2.26. The van der Waals surface area contributed by atoms with Crippen LogP contribution in [0.2, 0.25) is 0 Å². The van der Waals surface area contributed by atoms with Crippen LogP contribution in [-0.4, -0.2) is 65.7 Å². The molecule has 9 heteroatoms. The van der Waals surface area contributed by atoms with Crippen LogP contribution in [0, 0.1) is 0 Å². The maximum atomic E-state index is 12.7. The summed E-state index contributed by atoms with van der Waals surface area (Å²) in [4.78, 5) is 17.6. The van der Waals surface area contributed by atoms with Crippen LogP contribution in [0.3, 0.4) is 0 Å². The number of H-pyrrole nitrogens is 1. The van der Waals surface area contributed by atoms with Crippen molar-refractivity contribution in [3.63, 3.8) is 0 Å². The third kappa shape index (κ3) is 4.85. The molecule has 0 amide bonds. The summed E-state index contributed by atoms with van der Waals surface area (Å²) in [5, 5.41) is 13.9. The van der Waals surface area contributed by atoms with Gasteiger partial charge in [-0.1, -0.05) is 0 Å². The summed E-state index contributed by atoms with van der Waals surface area (Å²) in [6.07, 6.45) is 2.82. The van der Waals surface area contributed by atoms with Gasteiger partial charge in [0, 0.05) is 43.3 Å². The molecule has 3 N–H and O–H groups in total. The van der Waals surface area contributed by atoms with E-state index in [4.69, 9.17) is 26.4 Å². The summed E-state index contributed by atoms with van der Waals surface area (Å²) >= 11 is 5.57. The molecule has 0 spiro atoms. The number of aromatic nitrogens is 1. The van der Waals surface area contributed by atoms with Gasteiger partial charge in [0.25, 0.3) is 5.56 Å². The van der Waals surface area contributed by atoms with E-state index in [2.05, 4.69) is 10.3 Å². The zero-order valence-corrected chi connectivity index (χ0v) is 17.6. The Bertz CT molecular complexity index is 958. The lowest BCUT2D eigenvalue weighted by molar-refractivity contribution is 0.113. The monoisotopic (exact) mass is 433 g/mol. The second kappa shape index (κ2) is 9.63. The lowest BCUT2D eigenvalue weighted by atomic mass is 10.1. The van der Waals surface area contributed by atoms with Crippen molar-refractivity contribution in [2.75, 3.05) is 39.5 Å². The number of aliphatic hydroxyl groups is 1. The van der Waals surface area contributed by atoms with Gasteiger partial charge in [0.1, 0.15) is 13.2 Å². The van der Waals surface area contributed by atoms with Crippen molar-refractivity contribution in [2.45, 2.75) is 31.9 Å². The van der Waals surface area contributed by atoms with Crippen LogP contribution >= 0.6 is 12.2 Å². The van der Waals surface area contributed by atoms with Gasteiger partial charge >= 0.3 is 0 Å². The number of nitrogens with zero attached hydrogens (tertiary/aromatic N) is 1. The van der Waals surface area contributed by atoms with Crippen LogP contribution in [0.1, 0.15) is 24.8 Å². The van der Waals surface area contributed by atoms with Gasteiger partial charge in [-0.25, -0.2) is 0 Å². The molecule has 8 nitrogen and oxygen atoms in total. The standard InChI is InChI=1S/C21H27N3O5S/c25-5-2-4-24(21(30)22-12-16-3-1-6-27-16)13-15-9-14-10-18-19(29-8-7-28-18)11-17(14)23-20(15)26/h9-11,16,25H,1-8,12-13H2,(H,22,30)(H,23,26). The summed E-state index contributed by atoms with van der Waals surface area (Å²) in [7, 11) is 0. The minimum Gasteiger partial charge on any atom is -0.486 e. The number of aliphatic hydroxyl groups excluding tert-OH is 1. The van der Waals surface area contributed by atoms with E-state index in [0.717, 1.165) is 24.8 Å². The highest BCUT2D eigenvalue weighted by Gasteiger charge is 2.19. The number of benzene rings is 1. The molecule has 0 radical (unpaired) electrons. The van der Waals surface area contributed by atoms with Gasteiger partial charge in [-0.05, 0) is 43.6 Å². The molecule has 0 bridgehead atoms. The van der Waals surface area contributed by atoms with Crippen LogP contribution in [0.5, 0.6) is 11.5 Å². The SMILES string of the molecule is O=c1[nH]c2cc3c(cc2cc1CN(CCCO)C(=S)NCC1CCCO1)OCCO3. The van der Waals surface area contributed by atoms with Crippen molar-refractivity contribution >= 4 is 28.2 Å². The van der Waals surface area contributed by atoms with Crippen molar-refractivity contribution in [1.82, 2.24) is 15.2 Å². The summed E-state index contributed by atoms with van der Waals surface area (Å²) in [5.74, 6) is 1.32. The maximum Gasteiger partial charge on any atom is 0.253 e. The van der Waals surface area contributed by atoms with Crippen LogP contribution in [0.25, 0.3) is 10.9 Å². The first-order valence-corrected chi connectivity index (χ1v) is 10.8. The largest absolute Gasteiger partial charge is 0.486 e. The molecule has 4 rings (SSSR count). The van der Waals surface area contributed by atoms with E-state index in [1.165, 1.54) is 0 Å². The van der Waals surface area contributed by atoms with E-state index < -0.39 is 0 Å². The molecule has 1 fully saturated rings. The fourth-order valence-electron chi connectivity index (χ4n) is 3.74. The molecule has 0 aliphatic carbocycles. The normalized spacial score (nSPS) is 17.8. The molecule has 2 aliphatic rings. The molecule has 1 atom stereocenters. The van der Waals surface area contributed by atoms with Gasteiger partial charge in [-0.15, -0.1) is 0 Å². The van der Waals surface area contributed by atoms with Crippen molar-refractivity contribution in [1.29, 1.82) is 0 Å². The van der Waals surface area contributed by atoms with Gasteiger partial charge in [0.15, 0.2) is 16.6 Å². The minimum atomic E-state index is -0.171. The number of fused-ring (bicyclic) bond motifs is 2. The highest BCUT2D eigenvalue weighted by Crippen LogP contribution is 2.33. The molecule has 1 aromatic heterocycles. The van der Waals surface area contributed by atoms with Gasteiger partial charge in [-0.2, -0.15) is 0 Å². The van der Waals surface area contributed by atoms with Gasteiger partial charge in [-0.3, -0.25) is 4.79 Å². The Morgan fingerprint density at radius 3 is 2.77 bits per heavy atom. The van der Waals surface area contributed by atoms with Crippen molar-refractivity contribution in [2.24, 2.45) is 0 Å². The Kier molecular flexibility index (Phi) is 6.71. The van der Waals surface area contributed by atoms with E-state index in [1.807, 2.05) is 17.0 Å². The molecule has 162 valence electrons. The molecule has 2 aromatic rings. The van der Waals surface area contributed by atoms with Crippen LogP contribution in [0.15, 0.2) is 23.0 Å². The minimum absolute atomic E-state index is 0.0579. The fourth-order valence-corrected chi connectivity index (χ4v) is 3.98. The average Bonchev–Trinajstić information content (AvgIpc) is 3.27. The Labute approximate surface area is 180 Å². The topological polar surface area (TPSA) is 96.1 Å². The molecular weight excluding hydrogens is 406 g/mol. The highest BCUT2D eigenvalue weighted by atomic mass is 32.1. The third-order valence-electron chi connectivity index (χ3n) is 5.32. The van der Waals surface area contributed by atoms with Gasteiger partial charge in [0.2, 0.25) is 0 Å². The van der Waals surface area contributed by atoms with Crippen LogP contribution < -0.4 is 20.3 Å². The van der Waals surface area contributed by atoms with E-state index >= 15 is 0 Å². The van der Waals surface area contributed by atoms with E-state index in [1.54, 1.807) is 6.07 Å². The quantitative estimate of drug-likeness (QED) is 0.566. The van der Waals surface area contributed by atoms with Gasteiger partial charge < -0.3 is 34.5 Å². The molecule has 0 saturated carbocycles. The van der Waals surface area contributed by atoms with E-state index in [0.29, 0.717) is 67.0 Å². The van der Waals surface area contributed by atoms with Crippen molar-refractivity contribution < 1.29 is 19.3 Å². The maximum absolute atomic E-state index is 12.7. The molecular formula is C21H27N3O5S. The zero-order valence-electron chi connectivity index (χ0n) is 16.8. The summed E-state index contributed by atoms with van der Waals surface area (Å²) in [5.41, 5.74) is 1.13. The molecule has 1 saturated heterocycles. The summed E-state index contributed by atoms with van der Waals surface area (Å²) < 4.78 is 16.9. The number of pyridine rings is 1. The Morgan fingerprint density at radius 2 is 2.03 bits per heavy atom. The Hall–Kier alpha value is -2.36. The number of hydrogen-bond acceptors (Lipinski definition) is 6. The van der Waals surface area contributed by atoms with Crippen molar-refractivity contribution in [3.05, 3.63) is 34.1 Å². The van der Waals surface area contributed by atoms with E-state index in [9.17, 15) is 9.90 Å². The van der Waals surface area contributed by atoms with Crippen LogP contribution in [0.4, 0.5) is 0 Å². The lowest BCUT2D eigenvalue weighted by Crippen LogP contribution is -2.43. The van der Waals surface area contributed by atoms with Crippen LogP contribution in [-0.2, 0) is 11.3 Å². The van der Waals surface area contributed by atoms with Crippen molar-refractivity contribution in [3.8, 4) is 11.5 Å². The third-order valence-corrected chi connectivity index (χ3v) is 5.73. The highest BCUT2D eigenvalue weighted by molar-refractivity contribution is 7.80. The molecule has 3 heterocycles. The number of rotatable bonds is 7. The zero-order chi connectivity index (χ0) is 20.9. The summed E-state index contributed by atoms with van der Waals surface area (Å²) in [6.45, 7) is 3.39. The molecule has 1 aromatic carbocycles.